The maximum atomic E-state index is 13.8. The van der Waals surface area contributed by atoms with Crippen LogP contribution in [-0.4, -0.2) is 5.78 Å². The smallest absolute Gasteiger partial charge is 0.194 e. The first-order valence-electron chi connectivity index (χ1n) is 8.72. The summed E-state index contributed by atoms with van der Waals surface area (Å²) in [5.74, 6) is 5.88. The van der Waals surface area contributed by atoms with E-state index in [1.165, 1.54) is 12.1 Å². The first-order chi connectivity index (χ1) is 13.6. The number of hydrogen-bond acceptors (Lipinski definition) is 1. The number of hydrogen-bond donors (Lipinski definition) is 0. The molecule has 1 nitrogen and oxygen atoms in total. The highest BCUT2D eigenvalue weighted by molar-refractivity contribution is 14.1. The minimum absolute atomic E-state index is 0.118. The summed E-state index contributed by atoms with van der Waals surface area (Å²) in [6.45, 7) is 0. The van der Waals surface area contributed by atoms with Crippen LogP contribution >= 0.6 is 22.6 Å². The van der Waals surface area contributed by atoms with Crippen molar-refractivity contribution in [3.8, 4) is 11.8 Å². The molecule has 3 heteroatoms. The molecule has 4 rings (SSSR count). The largest absolute Gasteiger partial charge is 0.289 e. The van der Waals surface area contributed by atoms with Crippen molar-refractivity contribution >= 4 is 39.1 Å². The molecule has 0 amide bonds. The number of halogens is 2. The molecular weight excluding hydrogens is 462 g/mol. The Morgan fingerprint density at radius 2 is 1.50 bits per heavy atom. The second-order valence-electron chi connectivity index (χ2n) is 6.29. The number of fused-ring (bicyclic) bond motifs is 1. The Morgan fingerprint density at radius 1 is 0.821 bits per heavy atom. The lowest BCUT2D eigenvalue weighted by molar-refractivity contribution is 0.104. The van der Waals surface area contributed by atoms with Crippen molar-refractivity contribution in [3.63, 3.8) is 0 Å². The third-order valence-electron chi connectivity index (χ3n) is 4.42. The second-order valence-corrected chi connectivity index (χ2v) is 7.45. The van der Waals surface area contributed by atoms with Gasteiger partial charge >= 0.3 is 0 Å². The molecule has 4 aromatic carbocycles. The number of carbonyl (C=O) groups is 1. The van der Waals surface area contributed by atoms with Crippen LogP contribution in [0, 0.1) is 21.2 Å². The van der Waals surface area contributed by atoms with Crippen LogP contribution in [0.25, 0.3) is 10.8 Å². The molecule has 0 aliphatic carbocycles. The van der Waals surface area contributed by atoms with E-state index in [4.69, 9.17) is 0 Å². The number of benzene rings is 4. The maximum Gasteiger partial charge on any atom is 0.194 e. The van der Waals surface area contributed by atoms with E-state index in [9.17, 15) is 9.18 Å². The lowest BCUT2D eigenvalue weighted by atomic mass is 9.92. The zero-order valence-electron chi connectivity index (χ0n) is 14.7. The summed E-state index contributed by atoms with van der Waals surface area (Å²) >= 11 is 2.16. The molecule has 0 aliphatic rings. The van der Waals surface area contributed by atoms with Gasteiger partial charge in [0.05, 0.1) is 5.56 Å². The van der Waals surface area contributed by atoms with Crippen LogP contribution in [0.1, 0.15) is 27.0 Å². The standard InChI is InChI=1S/C25H14FIO/c26-20-12-14-21-19(15-20)16-23(27)22(13-11-17-7-3-1-4-8-17)24(21)25(28)18-9-5-2-6-10-18/h1-10,12,14-16H. The van der Waals surface area contributed by atoms with E-state index < -0.39 is 0 Å². The minimum Gasteiger partial charge on any atom is -0.289 e. The van der Waals surface area contributed by atoms with Crippen LogP contribution in [0.4, 0.5) is 4.39 Å². The topological polar surface area (TPSA) is 17.1 Å². The fraction of sp³-hybridized carbons (Fsp3) is 0. The van der Waals surface area contributed by atoms with Crippen molar-refractivity contribution in [3.05, 3.63) is 117 Å². The SMILES string of the molecule is O=C(c1ccccc1)c1c(C#Cc2ccccc2)c(I)cc2cc(F)ccc12. The molecule has 0 N–H and O–H groups in total. The average molecular weight is 476 g/mol. The van der Waals surface area contributed by atoms with Gasteiger partial charge < -0.3 is 0 Å². The summed E-state index contributed by atoms with van der Waals surface area (Å²) in [4.78, 5) is 13.4. The van der Waals surface area contributed by atoms with E-state index in [1.54, 1.807) is 18.2 Å². The highest BCUT2D eigenvalue weighted by Crippen LogP contribution is 2.29. The molecule has 0 bridgehead atoms. The van der Waals surface area contributed by atoms with E-state index in [1.807, 2.05) is 54.6 Å². The Balaban J connectivity index is 1.98. The Morgan fingerprint density at radius 3 is 2.21 bits per heavy atom. The van der Waals surface area contributed by atoms with Crippen LogP contribution in [0.15, 0.2) is 84.9 Å². The third-order valence-corrected chi connectivity index (χ3v) is 5.27. The molecule has 0 saturated carbocycles. The van der Waals surface area contributed by atoms with Gasteiger partial charge in [0.1, 0.15) is 5.82 Å². The molecule has 4 aromatic rings. The Bertz CT molecular complexity index is 1240. The maximum absolute atomic E-state index is 13.8. The Labute approximate surface area is 176 Å². The van der Waals surface area contributed by atoms with Gasteiger partial charge in [0, 0.05) is 20.3 Å². The van der Waals surface area contributed by atoms with Gasteiger partial charge in [0.15, 0.2) is 5.78 Å². The monoisotopic (exact) mass is 476 g/mol. The Kier molecular flexibility index (Phi) is 5.23. The number of rotatable bonds is 2. The second kappa shape index (κ2) is 7.95. The molecule has 0 aliphatic heterocycles. The Hall–Kier alpha value is -2.97. The van der Waals surface area contributed by atoms with Gasteiger partial charge in [-0.05, 0) is 63.7 Å². The van der Waals surface area contributed by atoms with Gasteiger partial charge in [-0.3, -0.25) is 4.79 Å². The molecule has 0 unspecified atom stereocenters. The zero-order valence-corrected chi connectivity index (χ0v) is 16.9. The average Bonchev–Trinajstić information content (AvgIpc) is 2.72. The van der Waals surface area contributed by atoms with E-state index in [0.29, 0.717) is 27.5 Å². The van der Waals surface area contributed by atoms with Crippen LogP contribution in [0.3, 0.4) is 0 Å². The highest BCUT2D eigenvalue weighted by Gasteiger charge is 2.19. The first-order valence-corrected chi connectivity index (χ1v) is 9.80. The van der Waals surface area contributed by atoms with Crippen molar-refractivity contribution in [1.82, 2.24) is 0 Å². The van der Waals surface area contributed by atoms with Gasteiger partial charge in [-0.25, -0.2) is 4.39 Å². The summed E-state index contributed by atoms with van der Waals surface area (Å²) < 4.78 is 14.6. The summed E-state index contributed by atoms with van der Waals surface area (Å²) in [5, 5.41) is 1.39. The highest BCUT2D eigenvalue weighted by atomic mass is 127. The predicted molar refractivity (Wildman–Crippen MR) is 119 cm³/mol. The number of carbonyl (C=O) groups excluding carboxylic acids is 1. The summed E-state index contributed by atoms with van der Waals surface area (Å²) in [7, 11) is 0. The molecule has 0 aromatic heterocycles. The third kappa shape index (κ3) is 3.69. The molecule has 0 saturated heterocycles. The van der Waals surface area contributed by atoms with Crippen molar-refractivity contribution in [2.45, 2.75) is 0 Å². The van der Waals surface area contributed by atoms with Crippen molar-refractivity contribution in [2.24, 2.45) is 0 Å². The fourth-order valence-electron chi connectivity index (χ4n) is 3.09. The molecule has 134 valence electrons. The molecule has 0 spiro atoms. The van der Waals surface area contributed by atoms with E-state index in [0.717, 1.165) is 9.13 Å². The minimum atomic E-state index is -0.329. The molecule has 0 fully saturated rings. The van der Waals surface area contributed by atoms with Crippen LogP contribution in [0.2, 0.25) is 0 Å². The molecule has 0 heterocycles. The van der Waals surface area contributed by atoms with Gasteiger partial charge in [0.25, 0.3) is 0 Å². The quantitative estimate of drug-likeness (QED) is 0.191. The fourth-order valence-corrected chi connectivity index (χ4v) is 3.83. The molecular formula is C25H14FIO. The predicted octanol–water partition coefficient (Wildman–Crippen LogP) is 6.21. The van der Waals surface area contributed by atoms with E-state index in [2.05, 4.69) is 34.4 Å². The molecule has 28 heavy (non-hydrogen) atoms. The van der Waals surface area contributed by atoms with Crippen molar-refractivity contribution in [1.29, 1.82) is 0 Å². The van der Waals surface area contributed by atoms with Gasteiger partial charge in [0.2, 0.25) is 0 Å². The van der Waals surface area contributed by atoms with Crippen LogP contribution < -0.4 is 0 Å². The first kappa shape index (κ1) is 18.4. The summed E-state index contributed by atoms with van der Waals surface area (Å²) in [5.41, 5.74) is 2.63. The molecule has 0 atom stereocenters. The molecule has 0 radical (unpaired) electrons. The van der Waals surface area contributed by atoms with Crippen molar-refractivity contribution in [2.75, 3.05) is 0 Å². The van der Waals surface area contributed by atoms with Gasteiger partial charge in [-0.15, -0.1) is 0 Å². The summed E-state index contributed by atoms with van der Waals surface area (Å²) in [6.07, 6.45) is 0. The lowest BCUT2D eigenvalue weighted by Crippen LogP contribution is -2.07. The van der Waals surface area contributed by atoms with E-state index >= 15 is 0 Å². The van der Waals surface area contributed by atoms with Gasteiger partial charge in [-0.1, -0.05) is 66.4 Å². The van der Waals surface area contributed by atoms with E-state index in [-0.39, 0.29) is 11.6 Å². The zero-order chi connectivity index (χ0) is 19.5. The van der Waals surface area contributed by atoms with Crippen LogP contribution in [-0.2, 0) is 0 Å². The van der Waals surface area contributed by atoms with Gasteiger partial charge in [-0.2, -0.15) is 0 Å². The van der Waals surface area contributed by atoms with Crippen molar-refractivity contribution < 1.29 is 9.18 Å². The number of ketones is 1. The lowest BCUT2D eigenvalue weighted by Gasteiger charge is -2.11. The van der Waals surface area contributed by atoms with Crippen LogP contribution in [0.5, 0.6) is 0 Å². The normalized spacial score (nSPS) is 10.4. The summed E-state index contributed by atoms with van der Waals surface area (Å²) in [6, 6.07) is 25.1.